The highest BCUT2D eigenvalue weighted by atomic mass is 16.5. The molecule has 2 rings (SSSR count). The summed E-state index contributed by atoms with van der Waals surface area (Å²) in [6.07, 6.45) is 6.83. The molecule has 0 saturated carbocycles. The van der Waals surface area contributed by atoms with Gasteiger partial charge < -0.3 is 14.4 Å². The number of nitrogens with one attached hydrogen (secondary N) is 1. The maximum Gasteiger partial charge on any atom is 0.213 e. The van der Waals surface area contributed by atoms with Crippen LogP contribution in [0.2, 0.25) is 0 Å². The Balaban J connectivity index is 1.61. The molecule has 0 amide bonds. The van der Waals surface area contributed by atoms with Gasteiger partial charge in [-0.3, -0.25) is 0 Å². The Morgan fingerprint density at radius 3 is 2.88 bits per heavy atom. The number of hydrogen-bond acceptors (Lipinski definition) is 5. The fraction of sp³-hybridized carbons (Fsp3) is 0.500. The van der Waals surface area contributed by atoms with Gasteiger partial charge in [0.15, 0.2) is 5.82 Å². The lowest BCUT2D eigenvalue weighted by Crippen LogP contribution is -2.21. The highest BCUT2D eigenvalue weighted by Crippen LogP contribution is 1.94. The molecule has 0 saturated heterocycles. The van der Waals surface area contributed by atoms with Crippen molar-refractivity contribution in [2.45, 2.75) is 12.8 Å². The van der Waals surface area contributed by atoms with E-state index in [1.54, 1.807) is 0 Å². The number of rotatable bonds is 6. The minimum atomic E-state index is 0.740. The summed E-state index contributed by atoms with van der Waals surface area (Å²) in [6, 6.07) is 0. The molecule has 0 fully saturated rings. The van der Waals surface area contributed by atoms with Gasteiger partial charge in [-0.2, -0.15) is 4.98 Å². The second-order valence-corrected chi connectivity index (χ2v) is 3.55. The predicted octanol–water partition coefficient (Wildman–Crippen LogP) is 0.178. The first-order valence-corrected chi connectivity index (χ1v) is 5.28. The zero-order valence-corrected chi connectivity index (χ0v) is 9.26. The molecule has 2 heterocycles. The van der Waals surface area contributed by atoms with Gasteiger partial charge in [0.25, 0.3) is 0 Å². The molecule has 0 unspecified atom stereocenters. The van der Waals surface area contributed by atoms with Crippen LogP contribution in [-0.2, 0) is 19.9 Å². The molecule has 0 atom stereocenters. The molecular formula is C10H15N5O. The summed E-state index contributed by atoms with van der Waals surface area (Å²) in [7, 11) is 2.00. The predicted molar refractivity (Wildman–Crippen MR) is 57.8 cm³/mol. The van der Waals surface area contributed by atoms with E-state index in [9.17, 15) is 0 Å². The Labute approximate surface area is 93.7 Å². The van der Waals surface area contributed by atoms with E-state index in [4.69, 9.17) is 0 Å². The van der Waals surface area contributed by atoms with Gasteiger partial charge in [-0.25, -0.2) is 4.98 Å². The smallest absolute Gasteiger partial charge is 0.213 e. The first kappa shape index (κ1) is 10.8. The Kier molecular flexibility index (Phi) is 3.66. The molecule has 2 aromatic rings. The van der Waals surface area contributed by atoms with Crippen LogP contribution in [0.3, 0.4) is 0 Å². The largest absolute Gasteiger partial charge is 0.343 e. The molecule has 0 bridgehead atoms. The molecule has 0 aliphatic rings. The third kappa shape index (κ3) is 2.90. The van der Waals surface area contributed by atoms with E-state index in [0.29, 0.717) is 0 Å². The number of nitrogens with zero attached hydrogens (tertiary/aromatic N) is 4. The van der Waals surface area contributed by atoms with Crippen LogP contribution in [-0.4, -0.2) is 32.8 Å². The fourth-order valence-corrected chi connectivity index (χ4v) is 1.47. The van der Waals surface area contributed by atoms with Crippen molar-refractivity contribution in [2.75, 3.05) is 13.1 Å². The third-order valence-electron chi connectivity index (χ3n) is 2.38. The summed E-state index contributed by atoms with van der Waals surface area (Å²) in [5, 5.41) is 7.05. The molecule has 6 nitrogen and oxygen atoms in total. The fourth-order valence-electron chi connectivity index (χ4n) is 1.47. The molecule has 16 heavy (non-hydrogen) atoms. The Morgan fingerprint density at radius 1 is 1.31 bits per heavy atom. The summed E-state index contributed by atoms with van der Waals surface area (Å²) < 4.78 is 6.67. The Bertz CT molecular complexity index is 409. The second-order valence-electron chi connectivity index (χ2n) is 3.55. The van der Waals surface area contributed by atoms with Crippen LogP contribution >= 0.6 is 0 Å². The number of hydrogen-bond donors (Lipinski definition) is 1. The zero-order chi connectivity index (χ0) is 11.2. The lowest BCUT2D eigenvalue weighted by atomic mass is 10.3. The molecule has 6 heteroatoms. The van der Waals surface area contributed by atoms with E-state index in [1.165, 1.54) is 6.39 Å². The molecule has 0 radical (unpaired) electrons. The first-order valence-electron chi connectivity index (χ1n) is 5.28. The van der Waals surface area contributed by atoms with Gasteiger partial charge in [-0.05, 0) is 0 Å². The van der Waals surface area contributed by atoms with Crippen LogP contribution < -0.4 is 5.32 Å². The van der Waals surface area contributed by atoms with Gasteiger partial charge in [0.2, 0.25) is 6.39 Å². The van der Waals surface area contributed by atoms with Crippen molar-refractivity contribution in [2.24, 2.45) is 7.05 Å². The standard InChI is InChI=1S/C10H15N5O/c1-15-7-6-12-10(15)3-5-11-4-2-9-13-8-16-14-9/h6-8,11H,2-5H2,1H3. The average Bonchev–Trinajstić information content (AvgIpc) is 2.90. The highest BCUT2D eigenvalue weighted by molar-refractivity contribution is 4.91. The van der Waals surface area contributed by atoms with Crippen molar-refractivity contribution >= 4 is 0 Å². The van der Waals surface area contributed by atoms with Crippen molar-refractivity contribution in [1.82, 2.24) is 25.0 Å². The van der Waals surface area contributed by atoms with Crippen LogP contribution in [0, 0.1) is 0 Å². The normalized spacial score (nSPS) is 10.8. The number of aromatic nitrogens is 4. The maximum absolute atomic E-state index is 4.64. The molecule has 86 valence electrons. The van der Waals surface area contributed by atoms with Crippen LogP contribution in [0.1, 0.15) is 11.6 Å². The third-order valence-corrected chi connectivity index (χ3v) is 2.38. The quantitative estimate of drug-likeness (QED) is 0.705. The summed E-state index contributed by atoms with van der Waals surface area (Å²) in [5.74, 6) is 1.83. The van der Waals surface area contributed by atoms with Crippen LogP contribution in [0.4, 0.5) is 0 Å². The topological polar surface area (TPSA) is 68.8 Å². The number of aryl methyl sites for hydroxylation is 1. The number of imidazole rings is 1. The van der Waals surface area contributed by atoms with E-state index in [1.807, 2.05) is 24.0 Å². The molecule has 0 aliphatic heterocycles. The summed E-state index contributed by atoms with van der Waals surface area (Å²) in [5.41, 5.74) is 0. The molecular weight excluding hydrogens is 206 g/mol. The summed E-state index contributed by atoms with van der Waals surface area (Å²) >= 11 is 0. The van der Waals surface area contributed by atoms with Crippen molar-refractivity contribution in [3.8, 4) is 0 Å². The van der Waals surface area contributed by atoms with Gasteiger partial charge in [-0.1, -0.05) is 5.16 Å². The second kappa shape index (κ2) is 5.41. The van der Waals surface area contributed by atoms with Gasteiger partial charge in [-0.15, -0.1) is 0 Å². The van der Waals surface area contributed by atoms with Gasteiger partial charge in [0, 0.05) is 45.4 Å². The molecule has 0 aliphatic carbocycles. The van der Waals surface area contributed by atoms with E-state index in [2.05, 4.69) is 25.0 Å². The molecule has 0 aromatic carbocycles. The van der Waals surface area contributed by atoms with Crippen LogP contribution in [0.25, 0.3) is 0 Å². The lowest BCUT2D eigenvalue weighted by Gasteiger charge is -2.03. The van der Waals surface area contributed by atoms with Gasteiger partial charge in [0.05, 0.1) is 0 Å². The Hall–Kier alpha value is -1.69. The minimum Gasteiger partial charge on any atom is -0.343 e. The summed E-state index contributed by atoms with van der Waals surface area (Å²) in [6.45, 7) is 1.76. The van der Waals surface area contributed by atoms with Crippen molar-refractivity contribution < 1.29 is 4.52 Å². The first-order chi connectivity index (χ1) is 7.86. The monoisotopic (exact) mass is 221 g/mol. The zero-order valence-electron chi connectivity index (χ0n) is 9.26. The van der Waals surface area contributed by atoms with Gasteiger partial charge in [0.1, 0.15) is 5.82 Å². The van der Waals surface area contributed by atoms with E-state index < -0.39 is 0 Å². The average molecular weight is 221 g/mol. The van der Waals surface area contributed by atoms with Crippen LogP contribution in [0.15, 0.2) is 23.3 Å². The minimum absolute atomic E-state index is 0.740. The van der Waals surface area contributed by atoms with E-state index in [-0.39, 0.29) is 0 Å². The summed E-state index contributed by atoms with van der Waals surface area (Å²) in [4.78, 5) is 8.19. The lowest BCUT2D eigenvalue weighted by molar-refractivity contribution is 0.409. The van der Waals surface area contributed by atoms with E-state index >= 15 is 0 Å². The maximum atomic E-state index is 4.64. The molecule has 1 N–H and O–H groups in total. The van der Waals surface area contributed by atoms with Crippen molar-refractivity contribution in [3.05, 3.63) is 30.4 Å². The highest BCUT2D eigenvalue weighted by Gasteiger charge is 1.99. The van der Waals surface area contributed by atoms with Gasteiger partial charge >= 0.3 is 0 Å². The van der Waals surface area contributed by atoms with Crippen molar-refractivity contribution in [1.29, 1.82) is 0 Å². The van der Waals surface area contributed by atoms with Crippen molar-refractivity contribution in [3.63, 3.8) is 0 Å². The van der Waals surface area contributed by atoms with Crippen LogP contribution in [0.5, 0.6) is 0 Å². The van der Waals surface area contributed by atoms with E-state index in [0.717, 1.165) is 37.6 Å². The Morgan fingerprint density at radius 2 is 2.19 bits per heavy atom. The molecule has 2 aromatic heterocycles. The SMILES string of the molecule is Cn1ccnc1CCNCCc1ncon1. The molecule has 0 spiro atoms.